The van der Waals surface area contributed by atoms with Gasteiger partial charge in [-0.1, -0.05) is 22.0 Å². The average molecular weight is 325 g/mol. The molecule has 0 bridgehead atoms. The molecule has 0 aliphatic heterocycles. The zero-order valence-corrected chi connectivity index (χ0v) is 12.7. The first kappa shape index (κ1) is 14.2. The molecular weight excluding hydrogens is 308 g/mol. The molecule has 0 unspecified atom stereocenters. The van der Waals surface area contributed by atoms with E-state index in [1.165, 1.54) is 12.0 Å². The van der Waals surface area contributed by atoms with Gasteiger partial charge in [0.1, 0.15) is 5.69 Å². The van der Waals surface area contributed by atoms with Crippen LogP contribution < -0.4 is 5.32 Å². The minimum Gasteiger partial charge on any atom is -0.443 e. The van der Waals surface area contributed by atoms with Gasteiger partial charge < -0.3 is 14.5 Å². The van der Waals surface area contributed by atoms with Crippen LogP contribution in [0.2, 0.25) is 0 Å². The van der Waals surface area contributed by atoms with Gasteiger partial charge in [-0.3, -0.25) is 0 Å². The number of halogens is 1. The van der Waals surface area contributed by atoms with Gasteiger partial charge in [0.2, 0.25) is 0 Å². The summed E-state index contributed by atoms with van der Waals surface area (Å²) in [4.78, 5) is 4.26. The first-order valence-corrected chi connectivity index (χ1v) is 6.90. The molecule has 0 aliphatic carbocycles. The molecule has 0 fully saturated rings. The highest BCUT2D eigenvalue weighted by Gasteiger charge is 2.11. The highest BCUT2D eigenvalue weighted by atomic mass is 79.9. The maximum atomic E-state index is 5.50. The topological polar surface area (TPSA) is 47.3 Å². The maximum absolute atomic E-state index is 5.50. The number of aryl methyl sites for hydroxylation is 1. The molecule has 2 aromatic rings. The Labute approximate surface area is 121 Å². The predicted octanol–water partition coefficient (Wildman–Crippen LogP) is 3.15. The summed E-state index contributed by atoms with van der Waals surface area (Å²) in [5, 5.41) is 3.27. The van der Waals surface area contributed by atoms with Crippen molar-refractivity contribution in [2.45, 2.75) is 13.5 Å². The number of aromatic nitrogens is 1. The molecule has 1 N–H and O–H groups in total. The Morgan fingerprint density at radius 3 is 3.00 bits per heavy atom. The Morgan fingerprint density at radius 1 is 1.42 bits per heavy atom. The average Bonchev–Trinajstić information content (AvgIpc) is 2.86. The van der Waals surface area contributed by atoms with Crippen LogP contribution in [-0.4, -0.2) is 25.2 Å². The first-order valence-electron chi connectivity index (χ1n) is 6.11. The van der Waals surface area contributed by atoms with Crippen LogP contribution in [0.3, 0.4) is 0 Å². The zero-order valence-electron chi connectivity index (χ0n) is 11.1. The van der Waals surface area contributed by atoms with Crippen molar-refractivity contribution in [3.8, 4) is 11.3 Å². The molecule has 0 amide bonds. The van der Waals surface area contributed by atoms with Gasteiger partial charge in [-0.15, -0.1) is 0 Å². The van der Waals surface area contributed by atoms with Crippen LogP contribution in [0, 0.1) is 6.92 Å². The summed E-state index contributed by atoms with van der Waals surface area (Å²) in [6.45, 7) is 4.21. The normalized spacial score (nSPS) is 10.9. The number of oxazole rings is 1. The van der Waals surface area contributed by atoms with Crippen molar-refractivity contribution < 1.29 is 9.15 Å². The molecule has 2 rings (SSSR count). The predicted molar refractivity (Wildman–Crippen MR) is 78.0 cm³/mol. The molecule has 102 valence electrons. The second kappa shape index (κ2) is 6.84. The van der Waals surface area contributed by atoms with Gasteiger partial charge in [0, 0.05) is 30.2 Å². The number of hydrogen-bond donors (Lipinski definition) is 1. The van der Waals surface area contributed by atoms with E-state index in [1.54, 1.807) is 7.11 Å². The summed E-state index contributed by atoms with van der Waals surface area (Å²) < 4.78 is 11.6. The third-order valence-electron chi connectivity index (χ3n) is 2.84. The third kappa shape index (κ3) is 3.65. The zero-order chi connectivity index (χ0) is 13.7. The number of rotatable bonds is 6. The maximum Gasteiger partial charge on any atom is 0.181 e. The Morgan fingerprint density at radius 2 is 2.26 bits per heavy atom. The molecule has 0 atom stereocenters. The van der Waals surface area contributed by atoms with E-state index in [-0.39, 0.29) is 0 Å². The van der Waals surface area contributed by atoms with E-state index in [2.05, 4.69) is 39.2 Å². The fourth-order valence-corrected chi connectivity index (χ4v) is 2.04. The van der Waals surface area contributed by atoms with Crippen LogP contribution in [0.15, 0.2) is 33.5 Å². The van der Waals surface area contributed by atoms with E-state index in [0.717, 1.165) is 28.0 Å². The molecule has 1 aromatic heterocycles. The van der Waals surface area contributed by atoms with E-state index >= 15 is 0 Å². The largest absolute Gasteiger partial charge is 0.443 e. The summed E-state index contributed by atoms with van der Waals surface area (Å²) in [7, 11) is 1.69. The van der Waals surface area contributed by atoms with Crippen molar-refractivity contribution in [3.63, 3.8) is 0 Å². The fourth-order valence-electron chi connectivity index (χ4n) is 1.80. The quantitative estimate of drug-likeness (QED) is 0.829. The SMILES string of the molecule is COCCNCc1ncoc1-c1ccc(Br)c(C)c1. The van der Waals surface area contributed by atoms with Gasteiger partial charge >= 0.3 is 0 Å². The molecule has 0 saturated carbocycles. The number of methoxy groups -OCH3 is 1. The molecule has 0 saturated heterocycles. The second-order valence-corrected chi connectivity index (χ2v) is 5.12. The molecule has 1 aromatic carbocycles. The molecule has 5 heteroatoms. The number of nitrogens with one attached hydrogen (secondary N) is 1. The molecule has 4 nitrogen and oxygen atoms in total. The highest BCUT2D eigenvalue weighted by Crippen LogP contribution is 2.27. The van der Waals surface area contributed by atoms with Crippen molar-refractivity contribution in [2.75, 3.05) is 20.3 Å². The van der Waals surface area contributed by atoms with Crippen molar-refractivity contribution in [1.82, 2.24) is 10.3 Å². The van der Waals surface area contributed by atoms with Gasteiger partial charge in [0.15, 0.2) is 12.2 Å². The van der Waals surface area contributed by atoms with Crippen molar-refractivity contribution >= 4 is 15.9 Å². The van der Waals surface area contributed by atoms with E-state index in [0.29, 0.717) is 13.2 Å². The monoisotopic (exact) mass is 324 g/mol. The van der Waals surface area contributed by atoms with E-state index in [1.807, 2.05) is 12.1 Å². The number of benzene rings is 1. The Balaban J connectivity index is 2.12. The second-order valence-electron chi connectivity index (χ2n) is 4.26. The summed E-state index contributed by atoms with van der Waals surface area (Å²) >= 11 is 3.50. The Hall–Kier alpha value is -1.17. The standard InChI is InChI=1S/C14H17BrN2O2/c1-10-7-11(3-4-12(10)15)14-13(17-9-19-14)8-16-5-6-18-2/h3-4,7,9,16H,5-6,8H2,1-2H3. The molecular formula is C14H17BrN2O2. The lowest BCUT2D eigenvalue weighted by molar-refractivity contribution is 0.199. The van der Waals surface area contributed by atoms with E-state index < -0.39 is 0 Å². The first-order chi connectivity index (χ1) is 9.22. The molecule has 0 radical (unpaired) electrons. The summed E-state index contributed by atoms with van der Waals surface area (Å²) in [6, 6.07) is 6.13. The van der Waals surface area contributed by atoms with Gasteiger partial charge in [-0.25, -0.2) is 4.98 Å². The molecule has 0 aliphatic rings. The van der Waals surface area contributed by atoms with Crippen LogP contribution in [0.4, 0.5) is 0 Å². The van der Waals surface area contributed by atoms with Crippen LogP contribution in [0.5, 0.6) is 0 Å². The summed E-state index contributed by atoms with van der Waals surface area (Å²) in [5.74, 6) is 0.820. The smallest absolute Gasteiger partial charge is 0.181 e. The van der Waals surface area contributed by atoms with Gasteiger partial charge in [-0.05, 0) is 24.6 Å². The molecule has 1 heterocycles. The number of ether oxygens (including phenoxy) is 1. The minimum atomic E-state index is 0.671. The Kier molecular flexibility index (Phi) is 5.13. The number of nitrogens with zero attached hydrogens (tertiary/aromatic N) is 1. The Bertz CT molecular complexity index is 540. The van der Waals surface area contributed by atoms with Gasteiger partial charge in [-0.2, -0.15) is 0 Å². The van der Waals surface area contributed by atoms with Crippen molar-refractivity contribution in [1.29, 1.82) is 0 Å². The van der Waals surface area contributed by atoms with E-state index in [4.69, 9.17) is 9.15 Å². The van der Waals surface area contributed by atoms with Crippen LogP contribution >= 0.6 is 15.9 Å². The van der Waals surface area contributed by atoms with Gasteiger partial charge in [0.05, 0.1) is 6.61 Å². The van der Waals surface area contributed by atoms with Crippen molar-refractivity contribution in [3.05, 3.63) is 40.3 Å². The highest BCUT2D eigenvalue weighted by molar-refractivity contribution is 9.10. The summed E-state index contributed by atoms with van der Waals surface area (Å²) in [6.07, 6.45) is 1.49. The van der Waals surface area contributed by atoms with Crippen LogP contribution in [0.25, 0.3) is 11.3 Å². The molecule has 19 heavy (non-hydrogen) atoms. The molecule has 0 spiro atoms. The van der Waals surface area contributed by atoms with Gasteiger partial charge in [0.25, 0.3) is 0 Å². The van der Waals surface area contributed by atoms with Crippen molar-refractivity contribution in [2.24, 2.45) is 0 Å². The lowest BCUT2D eigenvalue weighted by Gasteiger charge is -2.05. The number of hydrogen-bond acceptors (Lipinski definition) is 4. The summed E-state index contributed by atoms with van der Waals surface area (Å²) in [5.41, 5.74) is 3.13. The lowest BCUT2D eigenvalue weighted by Crippen LogP contribution is -2.19. The minimum absolute atomic E-state index is 0.671. The lowest BCUT2D eigenvalue weighted by atomic mass is 10.1. The van der Waals surface area contributed by atoms with E-state index in [9.17, 15) is 0 Å². The van der Waals surface area contributed by atoms with Crippen LogP contribution in [0.1, 0.15) is 11.3 Å². The third-order valence-corrected chi connectivity index (χ3v) is 3.73. The fraction of sp³-hybridized carbons (Fsp3) is 0.357. The van der Waals surface area contributed by atoms with Crippen LogP contribution in [-0.2, 0) is 11.3 Å².